The van der Waals surface area contributed by atoms with Crippen LogP contribution in [0.3, 0.4) is 0 Å². The number of carbonyl (C=O) groups is 5. The molecule has 9 nitrogen and oxygen atoms in total. The molecule has 4 aliphatic heterocycles. The number of fused-ring (bicyclic) bond motifs is 2. The normalized spacial score (nSPS) is 23.1. The molecule has 2 saturated heterocycles. The molecule has 0 bridgehead atoms. The lowest BCUT2D eigenvalue weighted by Crippen LogP contribution is -2.36. The van der Waals surface area contributed by atoms with Crippen LogP contribution in [0, 0.1) is 0 Å². The van der Waals surface area contributed by atoms with Gasteiger partial charge in [0.2, 0.25) is 0 Å². The topological polar surface area (TPSA) is 110 Å². The van der Waals surface area contributed by atoms with Gasteiger partial charge >= 0.3 is 0 Å². The molecule has 2 atom stereocenters. The van der Waals surface area contributed by atoms with E-state index in [9.17, 15) is 24.0 Å². The highest BCUT2D eigenvalue weighted by atomic mass is 16.5. The number of ether oxygens (including phenoxy) is 2. The van der Waals surface area contributed by atoms with Crippen LogP contribution in [0.5, 0.6) is 0 Å². The SMILES string of the molecule is O=C(c1ccc2c(c1)C(=O)N(C[C@@H]1CCCO1)C2=O)c1ccc2c(c1)C(=O)N(C[C@@H]1CCCO1)C2=O. The number of carbonyl (C=O) groups excluding carboxylic acids is 5. The summed E-state index contributed by atoms with van der Waals surface area (Å²) in [5.41, 5.74) is 1.32. The van der Waals surface area contributed by atoms with Gasteiger partial charge in [-0.05, 0) is 49.9 Å². The fraction of sp³-hybridized carbons (Fsp3) is 0.370. The summed E-state index contributed by atoms with van der Waals surface area (Å²) in [6.45, 7) is 1.62. The summed E-state index contributed by atoms with van der Waals surface area (Å²) in [5, 5.41) is 0. The lowest BCUT2D eigenvalue weighted by Gasteiger charge is -2.17. The van der Waals surface area contributed by atoms with Crippen molar-refractivity contribution in [3.63, 3.8) is 0 Å². The quantitative estimate of drug-likeness (QED) is 0.454. The van der Waals surface area contributed by atoms with Gasteiger partial charge in [0, 0.05) is 24.3 Å². The number of imide groups is 2. The van der Waals surface area contributed by atoms with Gasteiger partial charge in [-0.15, -0.1) is 0 Å². The minimum atomic E-state index is -0.445. The van der Waals surface area contributed by atoms with Crippen molar-refractivity contribution in [2.24, 2.45) is 0 Å². The summed E-state index contributed by atoms with van der Waals surface area (Å²) in [6.07, 6.45) is 3.05. The molecule has 184 valence electrons. The van der Waals surface area contributed by atoms with Crippen LogP contribution in [0.15, 0.2) is 36.4 Å². The predicted molar refractivity (Wildman–Crippen MR) is 125 cm³/mol. The maximum atomic E-state index is 13.3. The summed E-state index contributed by atoms with van der Waals surface area (Å²) >= 11 is 0. The first-order valence-corrected chi connectivity index (χ1v) is 12.2. The van der Waals surface area contributed by atoms with Crippen LogP contribution in [0.1, 0.15) is 83.0 Å². The average Bonchev–Trinajstić information content (AvgIpc) is 3.68. The molecule has 0 unspecified atom stereocenters. The Kier molecular flexibility index (Phi) is 5.54. The number of hydrogen-bond donors (Lipinski definition) is 0. The van der Waals surface area contributed by atoms with Gasteiger partial charge in [0.25, 0.3) is 23.6 Å². The Labute approximate surface area is 206 Å². The summed E-state index contributed by atoms with van der Waals surface area (Å²) in [6, 6.07) is 8.85. The van der Waals surface area contributed by atoms with E-state index >= 15 is 0 Å². The van der Waals surface area contributed by atoms with Crippen molar-refractivity contribution in [3.8, 4) is 0 Å². The number of rotatable bonds is 6. The minimum Gasteiger partial charge on any atom is -0.376 e. The van der Waals surface area contributed by atoms with Crippen molar-refractivity contribution < 1.29 is 33.4 Å². The molecule has 4 aliphatic rings. The molecule has 0 radical (unpaired) electrons. The molecule has 4 amide bonds. The third-order valence-electron chi connectivity index (χ3n) is 7.29. The summed E-state index contributed by atoms with van der Waals surface area (Å²) in [4.78, 5) is 67.1. The Hall–Kier alpha value is -3.69. The van der Waals surface area contributed by atoms with Crippen molar-refractivity contribution in [1.29, 1.82) is 0 Å². The first-order valence-electron chi connectivity index (χ1n) is 12.2. The smallest absolute Gasteiger partial charge is 0.261 e. The van der Waals surface area contributed by atoms with Crippen molar-refractivity contribution in [3.05, 3.63) is 69.8 Å². The van der Waals surface area contributed by atoms with Crippen LogP contribution in [0.25, 0.3) is 0 Å². The number of amides is 4. The second-order valence-corrected chi connectivity index (χ2v) is 9.56. The van der Waals surface area contributed by atoms with E-state index in [1.165, 1.54) is 46.2 Å². The highest BCUT2D eigenvalue weighted by Crippen LogP contribution is 2.29. The third kappa shape index (κ3) is 3.66. The largest absolute Gasteiger partial charge is 0.376 e. The molecule has 9 heteroatoms. The Balaban J connectivity index is 1.23. The van der Waals surface area contributed by atoms with Gasteiger partial charge in [0.05, 0.1) is 47.6 Å². The van der Waals surface area contributed by atoms with Gasteiger partial charge in [0.1, 0.15) is 0 Å². The molecular weight excluding hydrogens is 464 g/mol. The monoisotopic (exact) mass is 488 g/mol. The highest BCUT2D eigenvalue weighted by molar-refractivity contribution is 6.24. The zero-order chi connectivity index (χ0) is 25.0. The van der Waals surface area contributed by atoms with Crippen LogP contribution >= 0.6 is 0 Å². The number of ketones is 1. The van der Waals surface area contributed by atoms with E-state index in [4.69, 9.17) is 9.47 Å². The van der Waals surface area contributed by atoms with E-state index in [2.05, 4.69) is 0 Å². The van der Waals surface area contributed by atoms with Crippen molar-refractivity contribution in [2.45, 2.75) is 37.9 Å². The molecule has 2 aromatic carbocycles. The highest BCUT2D eigenvalue weighted by Gasteiger charge is 2.39. The molecule has 4 heterocycles. The zero-order valence-electron chi connectivity index (χ0n) is 19.5. The van der Waals surface area contributed by atoms with E-state index in [1.807, 2.05) is 0 Å². The van der Waals surface area contributed by atoms with Crippen molar-refractivity contribution in [2.75, 3.05) is 26.3 Å². The Morgan fingerprint density at radius 2 is 1.08 bits per heavy atom. The van der Waals surface area contributed by atoms with Gasteiger partial charge < -0.3 is 9.47 Å². The van der Waals surface area contributed by atoms with Gasteiger partial charge in [-0.3, -0.25) is 33.8 Å². The number of nitrogens with zero attached hydrogens (tertiary/aromatic N) is 2. The predicted octanol–water partition coefficient (Wildman–Crippen LogP) is 2.47. The van der Waals surface area contributed by atoms with Crippen LogP contribution < -0.4 is 0 Å². The Morgan fingerprint density at radius 1 is 0.667 bits per heavy atom. The second-order valence-electron chi connectivity index (χ2n) is 9.56. The molecular formula is C27H24N2O7. The molecule has 6 rings (SSSR count). The standard InChI is InChI=1S/C27H24N2O7/c30-23(15-5-7-19-21(11-15)26(33)28(24(19)31)13-17-3-1-9-35-17)16-6-8-20-22(12-16)27(34)29(25(20)32)14-18-4-2-10-36-18/h5-8,11-12,17-18H,1-4,9-10,13-14H2/t17-,18-/m0/s1. The van der Waals surface area contributed by atoms with Crippen molar-refractivity contribution >= 4 is 29.4 Å². The number of hydrogen-bond acceptors (Lipinski definition) is 7. The van der Waals surface area contributed by atoms with E-state index in [1.54, 1.807) is 0 Å². The molecule has 0 saturated carbocycles. The zero-order valence-corrected chi connectivity index (χ0v) is 19.5. The van der Waals surface area contributed by atoms with E-state index in [0.29, 0.717) is 13.2 Å². The van der Waals surface area contributed by atoms with Crippen LogP contribution in [-0.4, -0.2) is 77.7 Å². The lowest BCUT2D eigenvalue weighted by atomic mass is 9.96. The molecule has 2 fully saturated rings. The molecule has 0 N–H and O–H groups in total. The molecule has 36 heavy (non-hydrogen) atoms. The van der Waals surface area contributed by atoms with E-state index in [-0.39, 0.29) is 58.7 Å². The van der Waals surface area contributed by atoms with E-state index in [0.717, 1.165) is 25.7 Å². The fourth-order valence-electron chi connectivity index (χ4n) is 5.35. The third-order valence-corrected chi connectivity index (χ3v) is 7.29. The molecule has 0 aromatic heterocycles. The Bertz CT molecular complexity index is 1220. The summed E-state index contributed by atoms with van der Waals surface area (Å²) < 4.78 is 11.1. The maximum Gasteiger partial charge on any atom is 0.261 e. The van der Waals surface area contributed by atoms with E-state index < -0.39 is 29.4 Å². The second kappa shape index (κ2) is 8.76. The van der Waals surface area contributed by atoms with Crippen LogP contribution in [-0.2, 0) is 9.47 Å². The molecule has 2 aromatic rings. The summed E-state index contributed by atoms with van der Waals surface area (Å²) in [5.74, 6) is -2.08. The number of benzene rings is 2. The lowest BCUT2D eigenvalue weighted by molar-refractivity contribution is 0.0468. The van der Waals surface area contributed by atoms with Gasteiger partial charge in [-0.25, -0.2) is 0 Å². The minimum absolute atomic E-state index is 0.167. The summed E-state index contributed by atoms with van der Waals surface area (Å²) in [7, 11) is 0. The maximum absolute atomic E-state index is 13.3. The average molecular weight is 488 g/mol. The molecule has 0 spiro atoms. The van der Waals surface area contributed by atoms with Gasteiger partial charge in [0.15, 0.2) is 5.78 Å². The first-order chi connectivity index (χ1) is 17.4. The van der Waals surface area contributed by atoms with Crippen LogP contribution in [0.2, 0.25) is 0 Å². The first kappa shape index (κ1) is 22.8. The van der Waals surface area contributed by atoms with Crippen LogP contribution in [0.4, 0.5) is 0 Å². The van der Waals surface area contributed by atoms with Gasteiger partial charge in [-0.2, -0.15) is 0 Å². The van der Waals surface area contributed by atoms with Crippen molar-refractivity contribution in [1.82, 2.24) is 9.80 Å². The Morgan fingerprint density at radius 3 is 1.47 bits per heavy atom. The fourth-order valence-corrected chi connectivity index (χ4v) is 5.35. The molecule has 0 aliphatic carbocycles. The van der Waals surface area contributed by atoms with Gasteiger partial charge in [-0.1, -0.05) is 12.1 Å².